The van der Waals surface area contributed by atoms with Crippen LogP contribution < -0.4 is 9.75 Å². The third-order valence-corrected chi connectivity index (χ3v) is 2.51. The Morgan fingerprint density at radius 2 is 1.83 bits per heavy atom. The van der Waals surface area contributed by atoms with Crippen molar-refractivity contribution in [2.24, 2.45) is 0 Å². The van der Waals surface area contributed by atoms with Crippen molar-refractivity contribution in [1.29, 1.82) is 0 Å². The average Bonchev–Trinajstić information content (AvgIpc) is 2.35. The van der Waals surface area contributed by atoms with Crippen molar-refractivity contribution in [3.05, 3.63) is 20.7 Å². The van der Waals surface area contributed by atoms with Gasteiger partial charge in [-0.25, -0.2) is 0 Å². The molecule has 0 fully saturated rings. The highest BCUT2D eigenvalue weighted by Gasteiger charge is 1.92. The van der Waals surface area contributed by atoms with Gasteiger partial charge < -0.3 is 0 Å². The molecule has 0 aliphatic rings. The van der Waals surface area contributed by atoms with Crippen molar-refractivity contribution in [3.63, 3.8) is 0 Å². The summed E-state index contributed by atoms with van der Waals surface area (Å²) in [5, 5.41) is 3.51. The molecular weight excluding hydrogens is 164 g/mol. The molecule has 0 nitrogen and oxygen atoms in total. The van der Waals surface area contributed by atoms with E-state index in [-0.39, 0.29) is 0 Å². The van der Waals surface area contributed by atoms with E-state index in [9.17, 15) is 0 Å². The first-order valence-electron chi connectivity index (χ1n) is 4.33. The SMILES string of the molecule is C=c1scc(C)c1=C(C)C.CC. The Kier molecular flexibility index (Phi) is 4.91. The van der Waals surface area contributed by atoms with Gasteiger partial charge in [0.15, 0.2) is 0 Å². The Labute approximate surface area is 79.3 Å². The van der Waals surface area contributed by atoms with Crippen LogP contribution in [0.3, 0.4) is 0 Å². The summed E-state index contributed by atoms with van der Waals surface area (Å²) in [7, 11) is 0. The fourth-order valence-corrected chi connectivity index (χ4v) is 2.09. The van der Waals surface area contributed by atoms with Gasteiger partial charge in [-0.15, -0.1) is 11.3 Å². The van der Waals surface area contributed by atoms with E-state index in [1.54, 1.807) is 11.3 Å². The first-order chi connectivity index (χ1) is 5.63. The van der Waals surface area contributed by atoms with E-state index in [4.69, 9.17) is 0 Å². The molecule has 0 aliphatic heterocycles. The van der Waals surface area contributed by atoms with Crippen LogP contribution >= 0.6 is 11.3 Å². The lowest BCUT2D eigenvalue weighted by Crippen LogP contribution is -2.20. The molecular formula is C11H18S. The third kappa shape index (κ3) is 2.49. The van der Waals surface area contributed by atoms with Crippen LogP contribution in [0.1, 0.15) is 33.3 Å². The molecule has 0 bridgehead atoms. The zero-order valence-corrected chi connectivity index (χ0v) is 9.51. The maximum absolute atomic E-state index is 3.96. The summed E-state index contributed by atoms with van der Waals surface area (Å²) in [6, 6.07) is 0. The zero-order valence-electron chi connectivity index (χ0n) is 8.69. The van der Waals surface area contributed by atoms with Crippen molar-refractivity contribution >= 4 is 23.5 Å². The fraction of sp³-hybridized carbons (Fsp3) is 0.455. The van der Waals surface area contributed by atoms with Crippen LogP contribution in [-0.2, 0) is 0 Å². The van der Waals surface area contributed by atoms with E-state index in [2.05, 4.69) is 32.7 Å². The summed E-state index contributed by atoms with van der Waals surface area (Å²) in [5.74, 6) is 0. The normalized spacial score (nSPS) is 8.75. The third-order valence-electron chi connectivity index (χ3n) is 1.55. The quantitative estimate of drug-likeness (QED) is 0.579. The summed E-state index contributed by atoms with van der Waals surface area (Å²) >= 11 is 1.73. The second-order valence-corrected chi connectivity index (χ2v) is 3.68. The molecule has 1 heterocycles. The second-order valence-electron chi connectivity index (χ2n) is 2.72. The van der Waals surface area contributed by atoms with Gasteiger partial charge in [0.25, 0.3) is 0 Å². The molecule has 1 aromatic rings. The fourth-order valence-electron chi connectivity index (χ4n) is 1.17. The summed E-state index contributed by atoms with van der Waals surface area (Å²) in [5.41, 5.74) is 2.72. The molecule has 12 heavy (non-hydrogen) atoms. The lowest BCUT2D eigenvalue weighted by Gasteiger charge is -1.86. The number of hydrogen-bond acceptors (Lipinski definition) is 1. The largest absolute Gasteiger partial charge is 0.144 e. The van der Waals surface area contributed by atoms with Gasteiger partial charge in [0.2, 0.25) is 0 Å². The Morgan fingerprint density at radius 3 is 2.00 bits per heavy atom. The van der Waals surface area contributed by atoms with E-state index in [0.29, 0.717) is 0 Å². The molecule has 0 spiro atoms. The highest BCUT2D eigenvalue weighted by Crippen LogP contribution is 1.93. The van der Waals surface area contributed by atoms with Crippen LogP contribution in [0.15, 0.2) is 5.38 Å². The van der Waals surface area contributed by atoms with Crippen molar-refractivity contribution in [2.75, 3.05) is 0 Å². The molecule has 0 saturated heterocycles. The maximum Gasteiger partial charge on any atom is 0.0272 e. The molecule has 0 N–H and O–H groups in total. The van der Waals surface area contributed by atoms with Crippen LogP contribution in [0.25, 0.3) is 12.2 Å². The number of rotatable bonds is 0. The summed E-state index contributed by atoms with van der Waals surface area (Å²) in [6.45, 7) is 14.4. The first-order valence-corrected chi connectivity index (χ1v) is 5.21. The van der Waals surface area contributed by atoms with E-state index < -0.39 is 0 Å². The van der Waals surface area contributed by atoms with E-state index in [1.165, 1.54) is 20.9 Å². The predicted molar refractivity (Wildman–Crippen MR) is 59.9 cm³/mol. The Balaban J connectivity index is 0.000000561. The molecule has 0 atom stereocenters. The molecule has 1 rings (SSSR count). The molecule has 1 aromatic heterocycles. The number of thiophene rings is 1. The minimum Gasteiger partial charge on any atom is -0.144 e. The lowest BCUT2D eigenvalue weighted by molar-refractivity contribution is 1.41. The molecule has 0 radical (unpaired) electrons. The zero-order chi connectivity index (χ0) is 9.72. The van der Waals surface area contributed by atoms with Gasteiger partial charge in [-0.3, -0.25) is 0 Å². The van der Waals surface area contributed by atoms with Gasteiger partial charge in [-0.1, -0.05) is 26.0 Å². The standard InChI is InChI=1S/C9H12S.C2H6/c1-6(2)9-7(3)5-10-8(9)4;1-2/h5H,4H2,1-3H3;1-2H3. The highest BCUT2D eigenvalue weighted by molar-refractivity contribution is 7.07. The van der Waals surface area contributed by atoms with Crippen molar-refractivity contribution in [3.8, 4) is 0 Å². The minimum absolute atomic E-state index is 1.19. The molecule has 68 valence electrons. The van der Waals surface area contributed by atoms with E-state index >= 15 is 0 Å². The highest BCUT2D eigenvalue weighted by atomic mass is 32.1. The predicted octanol–water partition coefficient (Wildman–Crippen LogP) is 2.68. The Hall–Kier alpha value is -0.560. The van der Waals surface area contributed by atoms with Crippen LogP contribution in [-0.4, -0.2) is 0 Å². The number of aryl methyl sites for hydroxylation is 1. The van der Waals surface area contributed by atoms with Crippen molar-refractivity contribution in [2.45, 2.75) is 34.6 Å². The van der Waals surface area contributed by atoms with Crippen molar-refractivity contribution < 1.29 is 0 Å². The van der Waals surface area contributed by atoms with Crippen molar-refractivity contribution in [1.82, 2.24) is 0 Å². The smallest absolute Gasteiger partial charge is 0.0272 e. The van der Waals surface area contributed by atoms with Gasteiger partial charge in [-0.05, 0) is 36.9 Å². The lowest BCUT2D eigenvalue weighted by atomic mass is 10.2. The van der Waals surface area contributed by atoms with Crippen LogP contribution in [0.4, 0.5) is 0 Å². The summed E-state index contributed by atoms with van der Waals surface area (Å²) in [6.07, 6.45) is 0. The Morgan fingerprint density at radius 1 is 1.33 bits per heavy atom. The van der Waals surface area contributed by atoms with Crippen LogP contribution in [0.5, 0.6) is 0 Å². The minimum atomic E-state index is 1.19. The molecule has 0 aliphatic carbocycles. The Bertz CT molecular complexity index is 326. The van der Waals surface area contributed by atoms with E-state index in [0.717, 1.165) is 0 Å². The molecule has 1 heteroatoms. The summed E-state index contributed by atoms with van der Waals surface area (Å²) in [4.78, 5) is 0. The van der Waals surface area contributed by atoms with Gasteiger partial charge in [0.05, 0.1) is 0 Å². The van der Waals surface area contributed by atoms with Gasteiger partial charge >= 0.3 is 0 Å². The molecule has 0 unspecified atom stereocenters. The second kappa shape index (κ2) is 5.15. The van der Waals surface area contributed by atoms with E-state index in [1.807, 2.05) is 13.8 Å². The first kappa shape index (κ1) is 11.4. The maximum atomic E-state index is 3.96. The molecule has 0 aromatic carbocycles. The monoisotopic (exact) mass is 182 g/mol. The van der Waals surface area contributed by atoms with Gasteiger partial charge in [-0.2, -0.15) is 0 Å². The van der Waals surface area contributed by atoms with Crippen LogP contribution in [0, 0.1) is 6.92 Å². The van der Waals surface area contributed by atoms with Gasteiger partial charge in [0, 0.05) is 4.53 Å². The molecule has 0 saturated carbocycles. The van der Waals surface area contributed by atoms with Gasteiger partial charge in [0.1, 0.15) is 0 Å². The molecule has 0 amide bonds. The van der Waals surface area contributed by atoms with Crippen LogP contribution in [0.2, 0.25) is 0 Å². The number of hydrogen-bond donors (Lipinski definition) is 0. The summed E-state index contributed by atoms with van der Waals surface area (Å²) < 4.78 is 1.19. The topological polar surface area (TPSA) is 0 Å². The average molecular weight is 182 g/mol.